The molecule has 0 saturated heterocycles. The van der Waals surface area contributed by atoms with Crippen molar-refractivity contribution in [3.05, 3.63) is 76.3 Å². The summed E-state index contributed by atoms with van der Waals surface area (Å²) < 4.78 is 37.9. The van der Waals surface area contributed by atoms with Crippen LogP contribution in [0.2, 0.25) is 5.02 Å². The third-order valence-electron chi connectivity index (χ3n) is 12.0. The van der Waals surface area contributed by atoms with Crippen molar-refractivity contribution in [3.63, 3.8) is 0 Å². The molecular weight excluding hydrogens is 648 g/mol. The van der Waals surface area contributed by atoms with Gasteiger partial charge < -0.3 is 19.3 Å². The average molecular weight is 695 g/mol. The predicted octanol–water partition coefficient (Wildman–Crippen LogP) is 5.81. The first-order valence-corrected chi connectivity index (χ1v) is 19.4. The summed E-state index contributed by atoms with van der Waals surface area (Å²) in [6.07, 6.45) is 10.8. The van der Waals surface area contributed by atoms with E-state index in [-0.39, 0.29) is 28.7 Å². The smallest absolute Gasteiger partial charge is 0.264 e. The van der Waals surface area contributed by atoms with Crippen LogP contribution in [-0.4, -0.2) is 59.5 Å². The molecule has 1 saturated carbocycles. The number of ether oxygens (including phenoxy) is 1. The summed E-state index contributed by atoms with van der Waals surface area (Å²) in [5.41, 5.74) is 2.27. The number of hydrogen-bond acceptors (Lipinski definition) is 7. The summed E-state index contributed by atoms with van der Waals surface area (Å²) in [6.45, 7) is 5.41. The molecule has 7 rings (SSSR count). The van der Waals surface area contributed by atoms with E-state index in [0.717, 1.165) is 48.6 Å². The van der Waals surface area contributed by atoms with Gasteiger partial charge in [-0.15, -0.1) is 0 Å². The maximum Gasteiger partial charge on any atom is 0.264 e. The molecule has 1 fully saturated rings. The number of nitrogens with zero attached hydrogens (tertiary/aromatic N) is 3. The van der Waals surface area contributed by atoms with Crippen molar-refractivity contribution >= 4 is 33.2 Å². The fraction of sp³-hybridized carbons (Fsp3) is 0.568. The fourth-order valence-electron chi connectivity index (χ4n) is 8.83. The molecule has 9 nitrogen and oxygen atoms in total. The molecule has 2 bridgehead atoms. The lowest BCUT2D eigenvalue weighted by molar-refractivity contribution is -0.0895. The second kappa shape index (κ2) is 12.7. The summed E-state index contributed by atoms with van der Waals surface area (Å²) in [5, 5.41) is 12.5. The second-order valence-corrected chi connectivity index (χ2v) is 17.5. The number of rotatable bonds is 2. The minimum Gasteiger partial charge on any atom is -0.490 e. The van der Waals surface area contributed by atoms with Crippen LogP contribution < -0.4 is 14.4 Å². The summed E-state index contributed by atoms with van der Waals surface area (Å²) >= 11 is 6.45. The Morgan fingerprint density at radius 1 is 1.10 bits per heavy atom. The Hall–Kier alpha value is -3.08. The van der Waals surface area contributed by atoms with Crippen molar-refractivity contribution in [3.8, 4) is 5.75 Å². The lowest BCUT2D eigenvalue weighted by Gasteiger charge is -2.50. The number of imidazole rings is 1. The predicted molar refractivity (Wildman–Crippen MR) is 187 cm³/mol. The molecule has 0 unspecified atom stereocenters. The number of hydrogen-bond donors (Lipinski definition) is 2. The van der Waals surface area contributed by atoms with Gasteiger partial charge in [0.05, 0.1) is 23.1 Å². The van der Waals surface area contributed by atoms with Crippen molar-refractivity contribution in [2.45, 2.75) is 87.9 Å². The summed E-state index contributed by atoms with van der Waals surface area (Å²) in [5.74, 6) is 0.942. The number of aromatic nitrogens is 2. The van der Waals surface area contributed by atoms with Crippen molar-refractivity contribution in [2.24, 2.45) is 24.8 Å². The number of halogens is 1. The maximum atomic E-state index is 13.5. The summed E-state index contributed by atoms with van der Waals surface area (Å²) in [4.78, 5) is 20.5. The molecule has 1 spiro atoms. The summed E-state index contributed by atoms with van der Waals surface area (Å²) in [6, 6.07) is 11.4. The van der Waals surface area contributed by atoms with E-state index in [9.17, 15) is 18.3 Å². The Morgan fingerprint density at radius 2 is 1.94 bits per heavy atom. The minimum absolute atomic E-state index is 0.0473. The van der Waals surface area contributed by atoms with E-state index in [4.69, 9.17) is 16.3 Å². The van der Waals surface area contributed by atoms with E-state index in [1.807, 2.05) is 30.8 Å². The molecule has 258 valence electrons. The van der Waals surface area contributed by atoms with Crippen LogP contribution in [0.25, 0.3) is 0 Å². The van der Waals surface area contributed by atoms with Crippen molar-refractivity contribution in [1.82, 2.24) is 14.3 Å². The van der Waals surface area contributed by atoms with Crippen molar-refractivity contribution in [1.29, 1.82) is 0 Å². The van der Waals surface area contributed by atoms with Crippen LogP contribution in [0.4, 0.5) is 5.69 Å². The molecule has 2 aliphatic carbocycles. The van der Waals surface area contributed by atoms with Gasteiger partial charge in [0.1, 0.15) is 11.6 Å². The lowest BCUT2D eigenvalue weighted by atomic mass is 9.61. The zero-order valence-corrected chi connectivity index (χ0v) is 29.7. The number of nitrogens with one attached hydrogen (secondary N) is 1. The third kappa shape index (κ3) is 6.13. The second-order valence-electron chi connectivity index (χ2n) is 15.0. The van der Waals surface area contributed by atoms with E-state index in [0.29, 0.717) is 51.1 Å². The van der Waals surface area contributed by atoms with Gasteiger partial charge in [-0.3, -0.25) is 4.79 Å². The Kier molecular flexibility index (Phi) is 8.82. The van der Waals surface area contributed by atoms with Crippen LogP contribution in [0, 0.1) is 17.8 Å². The van der Waals surface area contributed by atoms with Gasteiger partial charge in [0.15, 0.2) is 0 Å². The van der Waals surface area contributed by atoms with Crippen LogP contribution in [0.1, 0.15) is 86.1 Å². The first-order chi connectivity index (χ1) is 22.9. The molecule has 3 aromatic rings. The van der Waals surface area contributed by atoms with E-state index in [2.05, 4.69) is 26.7 Å². The number of fused-ring (bicyclic) bond motifs is 4. The van der Waals surface area contributed by atoms with Gasteiger partial charge >= 0.3 is 0 Å². The number of sulfonamides is 1. The molecule has 2 aromatic carbocycles. The molecule has 4 aliphatic rings. The molecule has 11 heteroatoms. The van der Waals surface area contributed by atoms with Crippen LogP contribution >= 0.6 is 11.6 Å². The normalized spacial score (nSPS) is 31.9. The number of anilines is 1. The molecule has 1 aromatic heterocycles. The van der Waals surface area contributed by atoms with Gasteiger partial charge in [-0.05, 0) is 111 Å². The van der Waals surface area contributed by atoms with Crippen molar-refractivity contribution in [2.75, 3.05) is 24.6 Å². The Balaban J connectivity index is 1.31. The Morgan fingerprint density at radius 3 is 2.69 bits per heavy atom. The lowest BCUT2D eigenvalue weighted by Crippen LogP contribution is -2.54. The largest absolute Gasteiger partial charge is 0.490 e. The topological polar surface area (TPSA) is 114 Å². The molecule has 1 amide bonds. The Bertz CT molecular complexity index is 1810. The van der Waals surface area contributed by atoms with E-state index in [1.165, 1.54) is 11.1 Å². The average Bonchev–Trinajstić information content (AvgIpc) is 3.35. The highest BCUT2D eigenvalue weighted by Crippen LogP contribution is 2.49. The highest BCUT2D eigenvalue weighted by molar-refractivity contribution is 7.90. The number of aliphatic hydroxyl groups is 1. The number of amides is 1. The van der Waals surface area contributed by atoms with E-state index >= 15 is 0 Å². The van der Waals surface area contributed by atoms with Gasteiger partial charge in [0.25, 0.3) is 5.91 Å². The monoisotopic (exact) mass is 694 g/mol. The summed E-state index contributed by atoms with van der Waals surface area (Å²) in [7, 11) is -1.99. The van der Waals surface area contributed by atoms with Crippen LogP contribution in [0.5, 0.6) is 5.75 Å². The zero-order valence-electron chi connectivity index (χ0n) is 28.1. The molecule has 0 radical (unpaired) electrons. The van der Waals surface area contributed by atoms with E-state index in [1.54, 1.807) is 31.3 Å². The quantitative estimate of drug-likeness (QED) is 0.348. The van der Waals surface area contributed by atoms with Crippen LogP contribution in [-0.2, 0) is 35.3 Å². The van der Waals surface area contributed by atoms with E-state index < -0.39 is 26.8 Å². The van der Waals surface area contributed by atoms with Crippen LogP contribution in [0.3, 0.4) is 0 Å². The van der Waals surface area contributed by atoms with Gasteiger partial charge in [0, 0.05) is 55.0 Å². The van der Waals surface area contributed by atoms with Gasteiger partial charge in [-0.1, -0.05) is 31.0 Å². The van der Waals surface area contributed by atoms with Gasteiger partial charge in [-0.2, -0.15) is 0 Å². The Labute approximate surface area is 289 Å². The molecule has 2 N–H and O–H groups in total. The highest BCUT2D eigenvalue weighted by Gasteiger charge is 2.49. The molecule has 48 heavy (non-hydrogen) atoms. The fourth-order valence-corrected chi connectivity index (χ4v) is 10.3. The maximum absolute atomic E-state index is 13.5. The number of aryl methyl sites for hydroxylation is 2. The molecule has 6 atom stereocenters. The number of benzene rings is 2. The molecular formula is C37H47ClN4O5S. The molecule has 3 heterocycles. The minimum atomic E-state index is -3.95. The standard InChI is InChI=1S/C37H47ClN4O5S/c1-24-6-4-15-37(44,20-34-39-16-17-41(34)3)31-11-8-28(31)21-42-22-36(14-5-7-26-18-29(38)10-12-30(26)36)23-47-33-13-9-27(19-32(33)42)35(43)40-48(45,46)25(24)2/h9-10,12-13,16-19,24-25,28,31,44H,4-8,11,14-15,20-23H2,1-3H3,(H,40,43)/t24-,25+,28-,31+,36-,37+/m0/s1. The zero-order chi connectivity index (χ0) is 33.8. The van der Waals surface area contributed by atoms with Gasteiger partial charge in [-0.25, -0.2) is 18.1 Å². The SMILES string of the molecule is C[C@@H]1[C@@H](C)CCC[C@@](O)(Cc2nccn2C)[C@@H]2CC[C@H]2CN2C[C@@]3(CCCc4cc(Cl)ccc43)COc3ccc(cc32)C(=O)NS1(=O)=O. The van der Waals surface area contributed by atoms with Crippen molar-refractivity contribution < 1.29 is 23.1 Å². The first-order valence-electron chi connectivity index (χ1n) is 17.4. The molecule has 2 aliphatic heterocycles. The third-order valence-corrected chi connectivity index (χ3v) is 14.2. The highest BCUT2D eigenvalue weighted by atomic mass is 35.5. The van der Waals surface area contributed by atoms with Gasteiger partial charge in [0.2, 0.25) is 10.0 Å². The first kappa shape index (κ1) is 33.4. The van der Waals surface area contributed by atoms with Crippen LogP contribution in [0.15, 0.2) is 48.8 Å². The number of carbonyl (C=O) groups excluding carboxylic acids is 1. The number of carbonyl (C=O) groups is 1.